The summed E-state index contributed by atoms with van der Waals surface area (Å²) in [6.45, 7) is 6.36. The fraction of sp³-hybridized carbons (Fsp3) is 0.667. The highest BCUT2D eigenvalue weighted by atomic mass is 32.1. The zero-order valence-corrected chi connectivity index (χ0v) is 11.4. The van der Waals surface area contributed by atoms with Crippen molar-refractivity contribution >= 4 is 17.2 Å². The standard InChI is InChI=1S/C12H20N2O2S/c1-8(2)11(15)4-5-13-12(16)6-10-7-17-9(3)14-10/h7-8,11,15H,4-6H2,1-3H3,(H,13,16). The Balaban J connectivity index is 2.22. The Morgan fingerprint density at radius 3 is 2.82 bits per heavy atom. The average molecular weight is 256 g/mol. The number of aryl methyl sites for hydroxylation is 1. The molecule has 17 heavy (non-hydrogen) atoms. The van der Waals surface area contributed by atoms with Crippen LogP contribution in [0.3, 0.4) is 0 Å². The van der Waals surface area contributed by atoms with Gasteiger partial charge in [0, 0.05) is 11.9 Å². The number of hydrogen-bond acceptors (Lipinski definition) is 4. The second-order valence-corrected chi connectivity index (χ2v) is 5.55. The molecule has 0 saturated carbocycles. The lowest BCUT2D eigenvalue weighted by Gasteiger charge is -2.14. The number of carbonyl (C=O) groups excluding carboxylic acids is 1. The van der Waals surface area contributed by atoms with Crippen LogP contribution in [0.5, 0.6) is 0 Å². The molecule has 0 radical (unpaired) electrons. The third-order valence-corrected chi connectivity index (χ3v) is 3.36. The molecule has 1 unspecified atom stereocenters. The second kappa shape index (κ2) is 6.71. The van der Waals surface area contributed by atoms with Crippen LogP contribution in [-0.2, 0) is 11.2 Å². The molecule has 0 aliphatic carbocycles. The molecule has 1 aromatic heterocycles. The minimum atomic E-state index is -0.350. The Hall–Kier alpha value is -0.940. The molecule has 0 spiro atoms. The van der Waals surface area contributed by atoms with Crippen LogP contribution < -0.4 is 5.32 Å². The Labute approximate surface area is 106 Å². The van der Waals surface area contributed by atoms with Gasteiger partial charge in [-0.15, -0.1) is 11.3 Å². The normalized spacial score (nSPS) is 12.8. The van der Waals surface area contributed by atoms with E-state index in [0.717, 1.165) is 10.7 Å². The number of aromatic nitrogens is 1. The largest absolute Gasteiger partial charge is 0.393 e. The summed E-state index contributed by atoms with van der Waals surface area (Å²) >= 11 is 1.55. The van der Waals surface area contributed by atoms with E-state index in [1.165, 1.54) is 0 Å². The van der Waals surface area contributed by atoms with Crippen molar-refractivity contribution < 1.29 is 9.90 Å². The molecule has 0 fully saturated rings. The highest BCUT2D eigenvalue weighted by molar-refractivity contribution is 7.09. The Morgan fingerprint density at radius 1 is 1.59 bits per heavy atom. The first-order valence-electron chi connectivity index (χ1n) is 5.84. The van der Waals surface area contributed by atoms with Gasteiger partial charge in [0.15, 0.2) is 0 Å². The number of nitrogens with zero attached hydrogens (tertiary/aromatic N) is 1. The summed E-state index contributed by atoms with van der Waals surface area (Å²) < 4.78 is 0. The molecule has 1 aromatic rings. The van der Waals surface area contributed by atoms with E-state index in [4.69, 9.17) is 0 Å². The number of aliphatic hydroxyl groups excluding tert-OH is 1. The van der Waals surface area contributed by atoms with E-state index >= 15 is 0 Å². The van der Waals surface area contributed by atoms with Gasteiger partial charge in [0.05, 0.1) is 23.2 Å². The molecule has 0 saturated heterocycles. The van der Waals surface area contributed by atoms with Crippen molar-refractivity contribution in [3.63, 3.8) is 0 Å². The van der Waals surface area contributed by atoms with Gasteiger partial charge in [-0.2, -0.15) is 0 Å². The van der Waals surface area contributed by atoms with Crippen LogP contribution in [-0.4, -0.2) is 28.6 Å². The fourth-order valence-electron chi connectivity index (χ4n) is 1.41. The maximum absolute atomic E-state index is 11.5. The third-order valence-electron chi connectivity index (χ3n) is 2.54. The molecule has 1 heterocycles. The molecule has 5 heteroatoms. The van der Waals surface area contributed by atoms with E-state index in [-0.39, 0.29) is 17.9 Å². The van der Waals surface area contributed by atoms with Crippen molar-refractivity contribution in [2.45, 2.75) is 39.7 Å². The molecule has 1 atom stereocenters. The van der Waals surface area contributed by atoms with Crippen molar-refractivity contribution in [3.05, 3.63) is 16.1 Å². The molecule has 0 aromatic carbocycles. The Morgan fingerprint density at radius 2 is 2.29 bits per heavy atom. The quantitative estimate of drug-likeness (QED) is 0.811. The predicted octanol–water partition coefficient (Wildman–Crippen LogP) is 1.52. The summed E-state index contributed by atoms with van der Waals surface area (Å²) in [5.74, 6) is 0.194. The van der Waals surface area contributed by atoms with Gasteiger partial charge in [-0.1, -0.05) is 13.8 Å². The molecule has 96 valence electrons. The minimum Gasteiger partial charge on any atom is -0.393 e. The second-order valence-electron chi connectivity index (χ2n) is 4.48. The van der Waals surface area contributed by atoms with E-state index in [1.807, 2.05) is 26.2 Å². The summed E-state index contributed by atoms with van der Waals surface area (Å²) in [7, 11) is 0. The lowest BCUT2D eigenvalue weighted by Crippen LogP contribution is -2.29. The van der Waals surface area contributed by atoms with Crippen LogP contribution in [0.4, 0.5) is 0 Å². The lowest BCUT2D eigenvalue weighted by molar-refractivity contribution is -0.120. The number of carbonyl (C=O) groups is 1. The molecule has 0 aliphatic rings. The van der Waals surface area contributed by atoms with E-state index in [2.05, 4.69) is 10.3 Å². The molecule has 1 rings (SSSR count). The summed E-state index contributed by atoms with van der Waals surface area (Å²) in [6.07, 6.45) is 0.568. The van der Waals surface area contributed by atoms with Crippen molar-refractivity contribution in [2.24, 2.45) is 5.92 Å². The zero-order chi connectivity index (χ0) is 12.8. The average Bonchev–Trinajstić information content (AvgIpc) is 2.63. The number of rotatable bonds is 6. The van der Waals surface area contributed by atoms with Crippen LogP contribution >= 0.6 is 11.3 Å². The Bertz CT molecular complexity index is 363. The summed E-state index contributed by atoms with van der Waals surface area (Å²) in [6, 6.07) is 0. The fourth-order valence-corrected chi connectivity index (χ4v) is 2.02. The van der Waals surface area contributed by atoms with Crippen molar-refractivity contribution in [2.75, 3.05) is 6.54 Å². The number of nitrogens with one attached hydrogen (secondary N) is 1. The highest BCUT2D eigenvalue weighted by Gasteiger charge is 2.10. The van der Waals surface area contributed by atoms with Crippen molar-refractivity contribution in [1.29, 1.82) is 0 Å². The summed E-state index contributed by atoms with van der Waals surface area (Å²) in [5.41, 5.74) is 0.814. The third kappa shape index (κ3) is 5.28. The van der Waals surface area contributed by atoms with Crippen LogP contribution in [0.1, 0.15) is 31.0 Å². The van der Waals surface area contributed by atoms with E-state index < -0.39 is 0 Å². The van der Waals surface area contributed by atoms with Gasteiger partial charge in [0.25, 0.3) is 0 Å². The predicted molar refractivity (Wildman–Crippen MR) is 69.0 cm³/mol. The van der Waals surface area contributed by atoms with Gasteiger partial charge in [0.2, 0.25) is 5.91 Å². The SMILES string of the molecule is Cc1nc(CC(=O)NCCC(O)C(C)C)cs1. The number of aliphatic hydroxyl groups is 1. The van der Waals surface area contributed by atoms with Gasteiger partial charge in [0.1, 0.15) is 0 Å². The van der Waals surface area contributed by atoms with Gasteiger partial charge >= 0.3 is 0 Å². The van der Waals surface area contributed by atoms with Crippen LogP contribution in [0.15, 0.2) is 5.38 Å². The van der Waals surface area contributed by atoms with Crippen LogP contribution in [0.2, 0.25) is 0 Å². The van der Waals surface area contributed by atoms with E-state index in [0.29, 0.717) is 19.4 Å². The van der Waals surface area contributed by atoms with Crippen molar-refractivity contribution in [1.82, 2.24) is 10.3 Å². The summed E-state index contributed by atoms with van der Waals surface area (Å²) in [5, 5.41) is 15.2. The summed E-state index contributed by atoms with van der Waals surface area (Å²) in [4.78, 5) is 15.8. The molecular weight excluding hydrogens is 236 g/mol. The maximum Gasteiger partial charge on any atom is 0.226 e. The van der Waals surface area contributed by atoms with Crippen LogP contribution in [0, 0.1) is 12.8 Å². The van der Waals surface area contributed by atoms with Gasteiger partial charge in [-0.3, -0.25) is 4.79 Å². The zero-order valence-electron chi connectivity index (χ0n) is 10.6. The highest BCUT2D eigenvalue weighted by Crippen LogP contribution is 2.08. The molecule has 2 N–H and O–H groups in total. The first-order chi connectivity index (χ1) is 7.99. The molecule has 4 nitrogen and oxygen atoms in total. The van der Waals surface area contributed by atoms with E-state index in [1.54, 1.807) is 11.3 Å². The molecular formula is C12H20N2O2S. The monoisotopic (exact) mass is 256 g/mol. The Kier molecular flexibility index (Phi) is 5.58. The van der Waals surface area contributed by atoms with Gasteiger partial charge < -0.3 is 10.4 Å². The number of thiazole rings is 1. The van der Waals surface area contributed by atoms with Crippen LogP contribution in [0.25, 0.3) is 0 Å². The van der Waals surface area contributed by atoms with E-state index in [9.17, 15) is 9.90 Å². The number of amides is 1. The number of hydrogen-bond donors (Lipinski definition) is 2. The lowest BCUT2D eigenvalue weighted by atomic mass is 10.0. The topological polar surface area (TPSA) is 62.2 Å². The van der Waals surface area contributed by atoms with Crippen molar-refractivity contribution in [3.8, 4) is 0 Å². The molecule has 0 aliphatic heterocycles. The first-order valence-corrected chi connectivity index (χ1v) is 6.72. The first kappa shape index (κ1) is 14.1. The van der Waals surface area contributed by atoms with Gasteiger partial charge in [-0.25, -0.2) is 4.98 Å². The minimum absolute atomic E-state index is 0.0359. The smallest absolute Gasteiger partial charge is 0.226 e. The molecule has 1 amide bonds. The van der Waals surface area contributed by atoms with Gasteiger partial charge in [-0.05, 0) is 19.3 Å². The molecule has 0 bridgehead atoms. The maximum atomic E-state index is 11.5.